The number of likely N-dealkylation sites (tertiary alicyclic amines) is 1. The molecule has 1 heterocycles. The molecule has 2 nitrogen and oxygen atoms in total. The maximum absolute atomic E-state index is 13.5. The van der Waals surface area contributed by atoms with E-state index in [2.05, 4.69) is 17.1 Å². The van der Waals surface area contributed by atoms with E-state index in [1.807, 2.05) is 0 Å². The zero-order valence-electron chi connectivity index (χ0n) is 10.8. The van der Waals surface area contributed by atoms with Crippen LogP contribution in [0.4, 0.5) is 14.5 Å². The van der Waals surface area contributed by atoms with E-state index in [4.69, 9.17) is 0 Å². The predicted molar refractivity (Wildman–Crippen MR) is 69.7 cm³/mol. The Kier molecular flexibility index (Phi) is 4.53. The minimum absolute atomic E-state index is 0.234. The lowest BCUT2D eigenvalue weighted by atomic mass is 10.1. The third kappa shape index (κ3) is 3.42. The van der Waals surface area contributed by atoms with Crippen LogP contribution in [0.15, 0.2) is 18.2 Å². The van der Waals surface area contributed by atoms with E-state index >= 15 is 0 Å². The summed E-state index contributed by atoms with van der Waals surface area (Å²) < 4.78 is 26.6. The predicted octanol–water partition coefficient (Wildman–Crippen LogP) is 3.25. The smallest absolute Gasteiger partial charge is 0.146 e. The standard InChI is InChI=1S/C14H20F2N2/c1-2-18-8-3-4-12(7-9-18)17-14-10-11(15)5-6-13(14)16/h5-6,10,12,17H,2-4,7-9H2,1H3. The minimum atomic E-state index is -0.400. The van der Waals surface area contributed by atoms with Crippen molar-refractivity contribution < 1.29 is 8.78 Å². The molecular weight excluding hydrogens is 234 g/mol. The molecule has 1 saturated heterocycles. The first-order valence-electron chi connectivity index (χ1n) is 6.63. The van der Waals surface area contributed by atoms with E-state index in [-0.39, 0.29) is 17.5 Å². The Labute approximate surface area is 107 Å². The fourth-order valence-corrected chi connectivity index (χ4v) is 2.44. The molecule has 1 fully saturated rings. The molecule has 0 amide bonds. The Hall–Kier alpha value is -1.16. The van der Waals surface area contributed by atoms with Crippen LogP contribution in [0.25, 0.3) is 0 Å². The molecule has 1 aliphatic heterocycles. The number of anilines is 1. The third-order valence-electron chi connectivity index (χ3n) is 3.56. The van der Waals surface area contributed by atoms with Crippen molar-refractivity contribution in [3.63, 3.8) is 0 Å². The Morgan fingerprint density at radius 2 is 2.11 bits per heavy atom. The van der Waals surface area contributed by atoms with Crippen LogP contribution in [-0.4, -0.2) is 30.6 Å². The zero-order chi connectivity index (χ0) is 13.0. The van der Waals surface area contributed by atoms with Gasteiger partial charge in [-0.05, 0) is 50.6 Å². The van der Waals surface area contributed by atoms with E-state index in [0.717, 1.165) is 45.0 Å². The average molecular weight is 254 g/mol. The summed E-state index contributed by atoms with van der Waals surface area (Å²) in [6, 6.07) is 3.79. The number of nitrogens with one attached hydrogen (secondary N) is 1. The molecule has 0 saturated carbocycles. The number of nitrogens with zero attached hydrogens (tertiary/aromatic N) is 1. The third-order valence-corrected chi connectivity index (χ3v) is 3.56. The maximum Gasteiger partial charge on any atom is 0.146 e. The molecule has 0 aliphatic carbocycles. The minimum Gasteiger partial charge on any atom is -0.380 e. The number of hydrogen-bond donors (Lipinski definition) is 1. The molecule has 100 valence electrons. The molecule has 1 unspecified atom stereocenters. The molecule has 0 spiro atoms. The Morgan fingerprint density at radius 1 is 1.28 bits per heavy atom. The van der Waals surface area contributed by atoms with E-state index in [0.29, 0.717) is 0 Å². The number of halogens is 2. The summed E-state index contributed by atoms with van der Waals surface area (Å²) >= 11 is 0. The van der Waals surface area contributed by atoms with Gasteiger partial charge in [0, 0.05) is 12.6 Å². The van der Waals surface area contributed by atoms with E-state index in [1.54, 1.807) is 0 Å². The summed E-state index contributed by atoms with van der Waals surface area (Å²) in [4.78, 5) is 2.39. The van der Waals surface area contributed by atoms with Crippen LogP contribution < -0.4 is 5.32 Å². The molecule has 1 aromatic rings. The van der Waals surface area contributed by atoms with Crippen LogP contribution in [0, 0.1) is 11.6 Å². The SMILES string of the molecule is CCN1CCCC(Nc2cc(F)ccc2F)CC1. The van der Waals surface area contributed by atoms with Gasteiger partial charge in [-0.15, -0.1) is 0 Å². The van der Waals surface area contributed by atoms with Gasteiger partial charge < -0.3 is 10.2 Å². The highest BCUT2D eigenvalue weighted by Crippen LogP contribution is 2.20. The lowest BCUT2D eigenvalue weighted by Gasteiger charge is -2.19. The largest absolute Gasteiger partial charge is 0.380 e. The molecule has 2 rings (SSSR count). The number of hydrogen-bond acceptors (Lipinski definition) is 2. The number of rotatable bonds is 3. The zero-order valence-corrected chi connectivity index (χ0v) is 10.8. The van der Waals surface area contributed by atoms with E-state index in [1.165, 1.54) is 12.1 Å². The van der Waals surface area contributed by atoms with Crippen molar-refractivity contribution in [1.82, 2.24) is 4.90 Å². The first-order chi connectivity index (χ1) is 8.69. The van der Waals surface area contributed by atoms with Gasteiger partial charge in [0.1, 0.15) is 11.6 Å². The van der Waals surface area contributed by atoms with Crippen molar-refractivity contribution in [3.8, 4) is 0 Å². The van der Waals surface area contributed by atoms with E-state index in [9.17, 15) is 8.78 Å². The Morgan fingerprint density at radius 3 is 2.89 bits per heavy atom. The molecule has 18 heavy (non-hydrogen) atoms. The Balaban J connectivity index is 1.98. The van der Waals surface area contributed by atoms with Crippen LogP contribution >= 0.6 is 0 Å². The van der Waals surface area contributed by atoms with Gasteiger partial charge in [0.2, 0.25) is 0 Å². The summed E-state index contributed by atoms with van der Waals surface area (Å²) in [5.74, 6) is -0.782. The molecule has 0 radical (unpaired) electrons. The first-order valence-corrected chi connectivity index (χ1v) is 6.63. The lowest BCUT2D eigenvalue weighted by Crippen LogP contribution is -2.26. The monoisotopic (exact) mass is 254 g/mol. The second-order valence-electron chi connectivity index (χ2n) is 4.83. The van der Waals surface area contributed by atoms with Crippen molar-refractivity contribution in [2.75, 3.05) is 25.0 Å². The second kappa shape index (κ2) is 6.14. The van der Waals surface area contributed by atoms with Crippen molar-refractivity contribution >= 4 is 5.69 Å². The molecule has 1 aliphatic rings. The van der Waals surface area contributed by atoms with Crippen LogP contribution in [0.5, 0.6) is 0 Å². The molecule has 1 aromatic carbocycles. The van der Waals surface area contributed by atoms with Crippen LogP contribution in [0.2, 0.25) is 0 Å². The number of benzene rings is 1. The van der Waals surface area contributed by atoms with Crippen LogP contribution in [0.1, 0.15) is 26.2 Å². The van der Waals surface area contributed by atoms with Gasteiger partial charge in [0.15, 0.2) is 0 Å². The first kappa shape index (κ1) is 13.3. The average Bonchev–Trinajstić information content (AvgIpc) is 2.59. The summed E-state index contributed by atoms with van der Waals surface area (Å²) in [5, 5.41) is 3.13. The van der Waals surface area contributed by atoms with Gasteiger partial charge >= 0.3 is 0 Å². The highest BCUT2D eigenvalue weighted by atomic mass is 19.1. The van der Waals surface area contributed by atoms with Gasteiger partial charge in [0.05, 0.1) is 5.69 Å². The van der Waals surface area contributed by atoms with Gasteiger partial charge in [0.25, 0.3) is 0 Å². The van der Waals surface area contributed by atoms with Gasteiger partial charge in [-0.1, -0.05) is 6.92 Å². The van der Waals surface area contributed by atoms with Crippen LogP contribution in [0.3, 0.4) is 0 Å². The summed E-state index contributed by atoms with van der Waals surface area (Å²) in [7, 11) is 0. The van der Waals surface area contributed by atoms with Crippen molar-refractivity contribution in [2.24, 2.45) is 0 Å². The quantitative estimate of drug-likeness (QED) is 0.890. The van der Waals surface area contributed by atoms with Crippen molar-refractivity contribution in [3.05, 3.63) is 29.8 Å². The summed E-state index contributed by atoms with van der Waals surface area (Å²) in [5.41, 5.74) is 0.282. The molecule has 4 heteroatoms. The fourth-order valence-electron chi connectivity index (χ4n) is 2.44. The van der Waals surface area contributed by atoms with E-state index < -0.39 is 5.82 Å². The van der Waals surface area contributed by atoms with Gasteiger partial charge in [-0.3, -0.25) is 0 Å². The van der Waals surface area contributed by atoms with Crippen molar-refractivity contribution in [2.45, 2.75) is 32.2 Å². The molecule has 0 aromatic heterocycles. The molecule has 0 bridgehead atoms. The maximum atomic E-state index is 13.5. The van der Waals surface area contributed by atoms with Gasteiger partial charge in [-0.25, -0.2) is 8.78 Å². The highest BCUT2D eigenvalue weighted by molar-refractivity contribution is 5.45. The summed E-state index contributed by atoms with van der Waals surface area (Å²) in [6.07, 6.45) is 3.08. The normalized spacial score (nSPS) is 21.6. The van der Waals surface area contributed by atoms with Crippen molar-refractivity contribution in [1.29, 1.82) is 0 Å². The Bertz CT molecular complexity index is 395. The topological polar surface area (TPSA) is 15.3 Å². The fraction of sp³-hybridized carbons (Fsp3) is 0.571. The second-order valence-corrected chi connectivity index (χ2v) is 4.83. The lowest BCUT2D eigenvalue weighted by molar-refractivity contribution is 0.300. The molecular formula is C14H20F2N2. The molecule has 1 atom stereocenters. The van der Waals surface area contributed by atoms with Crippen LogP contribution in [-0.2, 0) is 0 Å². The molecule has 1 N–H and O–H groups in total. The highest BCUT2D eigenvalue weighted by Gasteiger charge is 2.17. The van der Waals surface area contributed by atoms with Gasteiger partial charge in [-0.2, -0.15) is 0 Å². The summed E-state index contributed by atoms with van der Waals surface area (Å²) in [6.45, 7) is 5.33.